The number of allylic oxidation sites excluding steroid dienone is 8. The molecular formula is C53H97N3O2. The normalized spacial score (nSPS) is 16.2. The second-order valence-electron chi connectivity index (χ2n) is 18.3. The summed E-state index contributed by atoms with van der Waals surface area (Å²) in [6.45, 7) is 19.3. The maximum atomic E-state index is 13.7. The largest absolute Gasteiger partial charge is 0.457 e. The van der Waals surface area contributed by atoms with Gasteiger partial charge in [0.2, 0.25) is 6.17 Å². The highest BCUT2D eigenvalue weighted by Gasteiger charge is 2.46. The molecule has 5 heteroatoms. The standard InChI is InChI=1S/C53H97N3O2/c1-8-12-14-16-18-20-22-24-26-28-30-32-34-36-38-40-43-53(44-41-39-37-35-33-31-29-27-25-23-21-19-17-15-13-9-2)49-54-50(51(57)58-52(5,6)7)56(53)48-42-47-55(45-10-3)46-11-4/h18-21,24-27,49-50H,8-17,22-23,28-48H2,1-7H3/b20-18-,21-19-,26-24-,27-25-. The molecule has 0 N–H and O–H groups in total. The van der Waals surface area contributed by atoms with Crippen LogP contribution in [0.4, 0.5) is 0 Å². The zero-order valence-electron chi connectivity index (χ0n) is 39.8. The van der Waals surface area contributed by atoms with Crippen LogP contribution in [-0.2, 0) is 9.53 Å². The number of hydrogen-bond acceptors (Lipinski definition) is 5. The minimum absolute atomic E-state index is 0.160. The van der Waals surface area contributed by atoms with Crippen molar-refractivity contribution in [1.82, 2.24) is 9.80 Å². The van der Waals surface area contributed by atoms with Crippen LogP contribution in [0.25, 0.3) is 0 Å². The maximum absolute atomic E-state index is 13.7. The minimum atomic E-state index is -0.528. The number of hydrogen-bond donors (Lipinski definition) is 0. The van der Waals surface area contributed by atoms with Gasteiger partial charge in [0.25, 0.3) is 0 Å². The van der Waals surface area contributed by atoms with Crippen LogP contribution in [-0.4, -0.2) is 65.5 Å². The number of aliphatic imine (C=N–C) groups is 1. The first-order chi connectivity index (χ1) is 28.2. The minimum Gasteiger partial charge on any atom is -0.457 e. The average molecular weight is 808 g/mol. The summed E-state index contributed by atoms with van der Waals surface area (Å²) in [4.78, 5) is 23.8. The lowest BCUT2D eigenvalue weighted by Gasteiger charge is -2.40. The van der Waals surface area contributed by atoms with Crippen molar-refractivity contribution >= 4 is 12.2 Å². The summed E-state index contributed by atoms with van der Waals surface area (Å²) in [5.41, 5.74) is -0.684. The van der Waals surface area contributed by atoms with Crippen LogP contribution in [0.1, 0.15) is 235 Å². The number of nitrogens with zero attached hydrogens (tertiary/aromatic N) is 3. The van der Waals surface area contributed by atoms with Crippen molar-refractivity contribution in [1.29, 1.82) is 0 Å². The molecule has 0 aromatic carbocycles. The molecule has 1 heterocycles. The van der Waals surface area contributed by atoms with E-state index in [9.17, 15) is 4.79 Å². The fourth-order valence-corrected chi connectivity index (χ4v) is 8.31. The molecule has 0 amide bonds. The topological polar surface area (TPSA) is 45.1 Å². The first-order valence-corrected chi connectivity index (χ1v) is 25.1. The Labute approximate surface area is 362 Å². The third-order valence-corrected chi connectivity index (χ3v) is 11.5. The predicted molar refractivity (Wildman–Crippen MR) is 257 cm³/mol. The molecule has 0 fully saturated rings. The number of carbonyl (C=O) groups is 1. The van der Waals surface area contributed by atoms with E-state index in [1.807, 2.05) is 20.8 Å². The second-order valence-corrected chi connectivity index (χ2v) is 18.3. The van der Waals surface area contributed by atoms with E-state index in [4.69, 9.17) is 9.73 Å². The van der Waals surface area contributed by atoms with E-state index in [1.165, 1.54) is 154 Å². The van der Waals surface area contributed by atoms with Crippen molar-refractivity contribution < 1.29 is 9.53 Å². The molecule has 1 rings (SSSR count). The Kier molecular flexibility index (Phi) is 34.3. The summed E-state index contributed by atoms with van der Waals surface area (Å²) < 4.78 is 6.00. The van der Waals surface area contributed by atoms with E-state index < -0.39 is 11.8 Å². The fourth-order valence-electron chi connectivity index (χ4n) is 8.31. The highest BCUT2D eigenvalue weighted by atomic mass is 16.6. The lowest BCUT2D eigenvalue weighted by atomic mass is 9.85. The van der Waals surface area contributed by atoms with Crippen LogP contribution < -0.4 is 0 Å². The van der Waals surface area contributed by atoms with Gasteiger partial charge in [0, 0.05) is 12.8 Å². The van der Waals surface area contributed by atoms with Gasteiger partial charge >= 0.3 is 5.97 Å². The van der Waals surface area contributed by atoms with E-state index in [-0.39, 0.29) is 11.5 Å². The average Bonchev–Trinajstić information content (AvgIpc) is 3.55. The van der Waals surface area contributed by atoms with E-state index in [1.54, 1.807) is 0 Å². The third-order valence-electron chi connectivity index (χ3n) is 11.5. The third kappa shape index (κ3) is 28.5. The van der Waals surface area contributed by atoms with E-state index in [2.05, 4.69) is 92.3 Å². The summed E-state index contributed by atoms with van der Waals surface area (Å²) in [5, 5.41) is 0. The molecule has 0 aromatic heterocycles. The zero-order chi connectivity index (χ0) is 42.4. The molecule has 0 bridgehead atoms. The Morgan fingerprint density at radius 2 is 0.983 bits per heavy atom. The predicted octanol–water partition coefficient (Wildman–Crippen LogP) is 15.7. The molecule has 1 aliphatic rings. The van der Waals surface area contributed by atoms with Gasteiger partial charge in [-0.05, 0) is 137 Å². The molecule has 1 unspecified atom stereocenters. The van der Waals surface area contributed by atoms with E-state index in [0.29, 0.717) is 0 Å². The van der Waals surface area contributed by atoms with Crippen LogP contribution in [0.15, 0.2) is 53.6 Å². The van der Waals surface area contributed by atoms with Gasteiger partial charge in [-0.2, -0.15) is 0 Å². The van der Waals surface area contributed by atoms with Gasteiger partial charge in [-0.1, -0.05) is 166 Å². The van der Waals surface area contributed by atoms with Gasteiger partial charge in [-0.3, -0.25) is 9.89 Å². The van der Waals surface area contributed by atoms with Gasteiger partial charge in [0.05, 0.1) is 5.54 Å². The molecule has 5 nitrogen and oxygen atoms in total. The van der Waals surface area contributed by atoms with Crippen LogP contribution in [0, 0.1) is 0 Å². The quantitative estimate of drug-likeness (QED) is 0.0353. The number of ether oxygens (including phenoxy) is 1. The number of rotatable bonds is 39. The van der Waals surface area contributed by atoms with E-state index >= 15 is 0 Å². The molecule has 0 aromatic rings. The molecule has 1 atom stereocenters. The summed E-state index contributed by atoms with van der Waals surface area (Å²) in [5.74, 6) is -0.182. The number of esters is 1. The lowest BCUT2D eigenvalue weighted by molar-refractivity contribution is -0.162. The molecule has 58 heavy (non-hydrogen) atoms. The first-order valence-electron chi connectivity index (χ1n) is 25.1. The maximum Gasteiger partial charge on any atom is 0.346 e. The molecule has 0 saturated carbocycles. The Hall–Kier alpha value is -1.98. The van der Waals surface area contributed by atoms with Crippen molar-refractivity contribution in [3.63, 3.8) is 0 Å². The van der Waals surface area contributed by atoms with Crippen LogP contribution in [0.2, 0.25) is 0 Å². The Balaban J connectivity index is 2.74. The van der Waals surface area contributed by atoms with Crippen molar-refractivity contribution in [3.05, 3.63) is 48.6 Å². The summed E-state index contributed by atoms with van der Waals surface area (Å²) in [6, 6.07) is 0. The van der Waals surface area contributed by atoms with Crippen LogP contribution in [0.3, 0.4) is 0 Å². The molecule has 0 aliphatic carbocycles. The highest BCUT2D eigenvalue weighted by Crippen LogP contribution is 2.36. The van der Waals surface area contributed by atoms with Gasteiger partial charge in [0.15, 0.2) is 0 Å². The number of unbranched alkanes of at least 4 members (excludes halogenated alkanes) is 18. The SMILES string of the molecule is CCCCC/C=C\C/C=C\CCCCCCCCC1(CCCCCCCC/C=C\C/C=C\CCCCC)C=NC(C(=O)OC(C)(C)C)N1CCCN(CCC)CCC. The molecule has 0 spiro atoms. The van der Waals surface area contributed by atoms with E-state index in [0.717, 1.165) is 58.3 Å². The lowest BCUT2D eigenvalue weighted by Crippen LogP contribution is -2.53. The van der Waals surface area contributed by atoms with Crippen molar-refractivity contribution in [2.75, 3.05) is 26.2 Å². The molecular weight excluding hydrogens is 711 g/mol. The second kappa shape index (κ2) is 36.8. The van der Waals surface area contributed by atoms with Crippen LogP contribution in [0.5, 0.6) is 0 Å². The monoisotopic (exact) mass is 808 g/mol. The van der Waals surface area contributed by atoms with Crippen molar-refractivity contribution in [2.45, 2.75) is 252 Å². The zero-order valence-corrected chi connectivity index (χ0v) is 39.8. The molecule has 0 radical (unpaired) electrons. The molecule has 0 saturated heterocycles. The Morgan fingerprint density at radius 3 is 1.40 bits per heavy atom. The molecule has 336 valence electrons. The fraction of sp³-hybridized carbons (Fsp3) is 0.811. The van der Waals surface area contributed by atoms with Gasteiger partial charge < -0.3 is 9.64 Å². The molecule has 1 aliphatic heterocycles. The van der Waals surface area contributed by atoms with Gasteiger partial charge in [0.1, 0.15) is 5.60 Å². The van der Waals surface area contributed by atoms with Crippen LogP contribution >= 0.6 is 0 Å². The first kappa shape index (κ1) is 54.0. The highest BCUT2D eigenvalue weighted by molar-refractivity contribution is 5.84. The van der Waals surface area contributed by atoms with Gasteiger partial charge in [-0.25, -0.2) is 4.79 Å². The van der Waals surface area contributed by atoms with Crippen molar-refractivity contribution in [3.8, 4) is 0 Å². The van der Waals surface area contributed by atoms with Gasteiger partial charge in [-0.15, -0.1) is 0 Å². The summed E-state index contributed by atoms with van der Waals surface area (Å²) >= 11 is 0. The Bertz CT molecular complexity index is 1050. The Morgan fingerprint density at radius 1 is 0.569 bits per heavy atom. The van der Waals surface area contributed by atoms with Crippen molar-refractivity contribution in [2.24, 2.45) is 4.99 Å². The number of carbonyl (C=O) groups excluding carboxylic acids is 1. The summed E-state index contributed by atoms with van der Waals surface area (Å²) in [6.07, 6.45) is 56.3. The smallest absolute Gasteiger partial charge is 0.346 e. The summed E-state index contributed by atoms with van der Waals surface area (Å²) in [7, 11) is 0.